The predicted molar refractivity (Wildman–Crippen MR) is 158 cm³/mol. The van der Waals surface area contributed by atoms with Gasteiger partial charge >= 0.3 is 5.97 Å². The van der Waals surface area contributed by atoms with Crippen molar-refractivity contribution in [2.45, 2.75) is 18.7 Å². The normalized spacial score (nSPS) is 11.4. The molecular formula is C33H31NO5S. The molecule has 0 fully saturated rings. The standard InChI is InChI=1S/C33H31NO5S/c1-39-30-17-15-24(16-18-30)21-34(32(36)28-14-8-13-27(19-28)26-11-6-3-7-12-26)31(35)20-29(33(37)38)23-40-22-25-9-4-2-5-10-25/h2-19,29H,20-23H2,1H3,(H,37,38)/t29-/m0/s1. The zero-order valence-electron chi connectivity index (χ0n) is 22.2. The van der Waals surface area contributed by atoms with Gasteiger partial charge in [-0.2, -0.15) is 11.8 Å². The Kier molecular flexibility index (Phi) is 10.1. The highest BCUT2D eigenvalue weighted by Crippen LogP contribution is 2.24. The van der Waals surface area contributed by atoms with E-state index in [1.165, 1.54) is 11.8 Å². The van der Waals surface area contributed by atoms with Crippen molar-refractivity contribution in [3.63, 3.8) is 0 Å². The molecule has 4 aromatic rings. The lowest BCUT2D eigenvalue weighted by Gasteiger charge is -2.23. The second-order valence-electron chi connectivity index (χ2n) is 9.32. The van der Waals surface area contributed by atoms with Gasteiger partial charge in [-0.1, -0.05) is 84.9 Å². The molecule has 0 heterocycles. The Morgan fingerprint density at radius 3 is 2.10 bits per heavy atom. The van der Waals surface area contributed by atoms with Gasteiger partial charge in [0.1, 0.15) is 5.75 Å². The van der Waals surface area contributed by atoms with Crippen molar-refractivity contribution < 1.29 is 24.2 Å². The maximum absolute atomic E-state index is 13.8. The SMILES string of the molecule is COc1ccc(CN(C(=O)C[C@@H](CSCc2ccccc2)C(=O)O)C(=O)c2cccc(-c3ccccc3)c2)cc1. The van der Waals surface area contributed by atoms with Gasteiger partial charge in [-0.05, 0) is 46.5 Å². The molecule has 2 amide bonds. The lowest BCUT2D eigenvalue weighted by Crippen LogP contribution is -2.38. The third kappa shape index (κ3) is 7.83. The van der Waals surface area contributed by atoms with Crippen molar-refractivity contribution in [3.05, 3.63) is 126 Å². The zero-order valence-corrected chi connectivity index (χ0v) is 23.1. The Bertz CT molecular complexity index is 1420. The van der Waals surface area contributed by atoms with Crippen LogP contribution in [0.5, 0.6) is 5.75 Å². The number of carbonyl (C=O) groups is 3. The van der Waals surface area contributed by atoms with Crippen LogP contribution in [0.3, 0.4) is 0 Å². The smallest absolute Gasteiger partial charge is 0.307 e. The van der Waals surface area contributed by atoms with E-state index >= 15 is 0 Å². The maximum atomic E-state index is 13.8. The topological polar surface area (TPSA) is 83.9 Å². The highest BCUT2D eigenvalue weighted by atomic mass is 32.2. The van der Waals surface area contributed by atoms with Gasteiger partial charge in [-0.15, -0.1) is 0 Å². The summed E-state index contributed by atoms with van der Waals surface area (Å²) in [6, 6.07) is 33.7. The molecule has 0 aromatic heterocycles. The second kappa shape index (κ2) is 14.1. The number of methoxy groups -OCH3 is 1. The minimum Gasteiger partial charge on any atom is -0.497 e. The molecule has 0 spiro atoms. The second-order valence-corrected chi connectivity index (χ2v) is 10.4. The van der Waals surface area contributed by atoms with Crippen LogP contribution in [0.2, 0.25) is 0 Å². The Labute approximate surface area is 238 Å². The number of thioether (sulfide) groups is 1. The molecule has 0 aliphatic carbocycles. The van der Waals surface area contributed by atoms with Crippen LogP contribution in [0.1, 0.15) is 27.9 Å². The lowest BCUT2D eigenvalue weighted by atomic mass is 10.0. The van der Waals surface area contributed by atoms with Crippen molar-refractivity contribution in [2.75, 3.05) is 12.9 Å². The van der Waals surface area contributed by atoms with E-state index in [2.05, 4.69) is 0 Å². The largest absolute Gasteiger partial charge is 0.497 e. The van der Waals surface area contributed by atoms with Crippen LogP contribution in [0.15, 0.2) is 109 Å². The number of aliphatic carboxylic acids is 1. The maximum Gasteiger partial charge on any atom is 0.307 e. The molecule has 0 aliphatic heterocycles. The number of ether oxygens (including phenoxy) is 1. The molecule has 0 aliphatic rings. The molecule has 204 valence electrons. The van der Waals surface area contributed by atoms with E-state index in [-0.39, 0.29) is 18.7 Å². The summed E-state index contributed by atoms with van der Waals surface area (Å²) in [7, 11) is 1.57. The van der Waals surface area contributed by atoms with E-state index in [1.807, 2.05) is 66.7 Å². The number of carboxylic acids is 1. The molecule has 0 saturated heterocycles. The van der Waals surface area contributed by atoms with Crippen molar-refractivity contribution in [3.8, 4) is 16.9 Å². The Morgan fingerprint density at radius 2 is 1.45 bits per heavy atom. The molecule has 0 radical (unpaired) electrons. The van der Waals surface area contributed by atoms with Crippen molar-refractivity contribution in [1.82, 2.24) is 4.90 Å². The first-order chi connectivity index (χ1) is 19.4. The monoisotopic (exact) mass is 553 g/mol. The molecule has 1 N–H and O–H groups in total. The first kappa shape index (κ1) is 28.6. The van der Waals surface area contributed by atoms with E-state index in [4.69, 9.17) is 4.74 Å². The quantitative estimate of drug-likeness (QED) is 0.214. The van der Waals surface area contributed by atoms with E-state index in [0.717, 1.165) is 27.2 Å². The predicted octanol–water partition coefficient (Wildman–Crippen LogP) is 6.56. The summed E-state index contributed by atoms with van der Waals surface area (Å²) < 4.78 is 5.23. The highest BCUT2D eigenvalue weighted by molar-refractivity contribution is 7.98. The molecular weight excluding hydrogens is 522 g/mol. The van der Waals surface area contributed by atoms with Gasteiger partial charge in [0, 0.05) is 23.5 Å². The number of hydrogen-bond acceptors (Lipinski definition) is 5. The number of carboxylic acid groups (broad SMARTS) is 1. The highest BCUT2D eigenvalue weighted by Gasteiger charge is 2.29. The number of benzene rings is 4. The Balaban J connectivity index is 1.55. The molecule has 7 heteroatoms. The van der Waals surface area contributed by atoms with Gasteiger partial charge in [0.15, 0.2) is 0 Å². The molecule has 1 atom stereocenters. The molecule has 4 aromatic carbocycles. The van der Waals surface area contributed by atoms with E-state index in [0.29, 0.717) is 17.1 Å². The van der Waals surface area contributed by atoms with Gasteiger partial charge in [-0.25, -0.2) is 0 Å². The zero-order chi connectivity index (χ0) is 28.3. The van der Waals surface area contributed by atoms with E-state index in [1.54, 1.807) is 49.6 Å². The number of rotatable bonds is 12. The Hall–Kier alpha value is -4.36. The fourth-order valence-corrected chi connectivity index (χ4v) is 5.33. The van der Waals surface area contributed by atoms with E-state index in [9.17, 15) is 19.5 Å². The molecule has 0 saturated carbocycles. The fraction of sp³-hybridized carbons (Fsp3) is 0.182. The average molecular weight is 554 g/mol. The van der Waals surface area contributed by atoms with Crippen molar-refractivity contribution in [1.29, 1.82) is 0 Å². The summed E-state index contributed by atoms with van der Waals surface area (Å²) in [5, 5.41) is 9.88. The van der Waals surface area contributed by atoms with Crippen LogP contribution in [-0.2, 0) is 21.9 Å². The number of nitrogens with zero attached hydrogens (tertiary/aromatic N) is 1. The van der Waals surface area contributed by atoms with Crippen LogP contribution in [0, 0.1) is 5.92 Å². The summed E-state index contributed by atoms with van der Waals surface area (Å²) in [6.45, 7) is 0.0146. The average Bonchev–Trinajstić information content (AvgIpc) is 3.00. The van der Waals surface area contributed by atoms with Gasteiger partial charge in [0.2, 0.25) is 5.91 Å². The summed E-state index contributed by atoms with van der Waals surface area (Å²) in [5.74, 6) is -1.44. The molecule has 6 nitrogen and oxygen atoms in total. The third-order valence-corrected chi connectivity index (χ3v) is 7.64. The lowest BCUT2D eigenvalue weighted by molar-refractivity contribution is -0.144. The van der Waals surface area contributed by atoms with Crippen LogP contribution < -0.4 is 4.74 Å². The third-order valence-electron chi connectivity index (χ3n) is 6.46. The molecule has 0 unspecified atom stereocenters. The molecule has 40 heavy (non-hydrogen) atoms. The first-order valence-electron chi connectivity index (χ1n) is 12.9. The van der Waals surface area contributed by atoms with Gasteiger partial charge < -0.3 is 9.84 Å². The van der Waals surface area contributed by atoms with Gasteiger partial charge in [0.05, 0.1) is 19.6 Å². The fourth-order valence-electron chi connectivity index (χ4n) is 4.24. The minimum atomic E-state index is -1.06. The van der Waals surface area contributed by atoms with Gasteiger partial charge in [0.25, 0.3) is 5.91 Å². The summed E-state index contributed by atoms with van der Waals surface area (Å²) >= 11 is 1.46. The van der Waals surface area contributed by atoms with Crippen LogP contribution in [0.4, 0.5) is 0 Å². The van der Waals surface area contributed by atoms with Crippen molar-refractivity contribution >= 4 is 29.5 Å². The van der Waals surface area contributed by atoms with Crippen LogP contribution >= 0.6 is 11.8 Å². The van der Waals surface area contributed by atoms with Crippen molar-refractivity contribution in [2.24, 2.45) is 5.92 Å². The number of amides is 2. The number of hydrogen-bond donors (Lipinski definition) is 1. The molecule has 0 bridgehead atoms. The van der Waals surface area contributed by atoms with Crippen LogP contribution in [-0.4, -0.2) is 40.7 Å². The molecule has 4 rings (SSSR count). The Morgan fingerprint density at radius 1 is 0.800 bits per heavy atom. The van der Waals surface area contributed by atoms with E-state index < -0.39 is 23.7 Å². The van der Waals surface area contributed by atoms with Gasteiger partial charge in [-0.3, -0.25) is 19.3 Å². The number of carbonyl (C=O) groups excluding carboxylic acids is 2. The summed E-state index contributed by atoms with van der Waals surface area (Å²) in [6.07, 6.45) is -0.280. The minimum absolute atomic E-state index is 0.0146. The summed E-state index contributed by atoms with van der Waals surface area (Å²) in [5.41, 5.74) is 3.97. The number of imide groups is 1. The first-order valence-corrected chi connectivity index (χ1v) is 14.1. The van der Waals surface area contributed by atoms with Crippen LogP contribution in [0.25, 0.3) is 11.1 Å². The summed E-state index contributed by atoms with van der Waals surface area (Å²) in [4.78, 5) is 40.6.